The Morgan fingerprint density at radius 1 is 1.14 bits per heavy atom. The highest BCUT2D eigenvalue weighted by atomic mass is 19.1. The maximum atomic E-state index is 13.6. The van der Waals surface area contributed by atoms with Crippen LogP contribution in [0.2, 0.25) is 0 Å². The molecule has 3 aromatic rings. The van der Waals surface area contributed by atoms with Crippen molar-refractivity contribution in [3.05, 3.63) is 87.9 Å². The number of carbonyl (C=O) groups excluding carboxylic acids is 1. The molecule has 1 aromatic heterocycles. The van der Waals surface area contributed by atoms with Gasteiger partial charge in [0.15, 0.2) is 0 Å². The summed E-state index contributed by atoms with van der Waals surface area (Å²) in [6, 6.07) is 16.3. The fourth-order valence-corrected chi connectivity index (χ4v) is 2.46. The third-order valence-electron chi connectivity index (χ3n) is 3.77. The molecule has 28 heavy (non-hydrogen) atoms. The topological polar surface area (TPSA) is 109 Å². The fourth-order valence-electron chi connectivity index (χ4n) is 2.46. The Morgan fingerprint density at radius 3 is 2.57 bits per heavy atom. The third kappa shape index (κ3) is 3.94. The smallest absolute Gasteiger partial charge is 0.280 e. The van der Waals surface area contributed by atoms with Crippen molar-refractivity contribution >= 4 is 23.4 Å². The lowest BCUT2D eigenvalue weighted by Gasteiger charge is -2.04. The number of nitro groups is 1. The van der Waals surface area contributed by atoms with E-state index in [2.05, 4.69) is 5.32 Å². The highest BCUT2D eigenvalue weighted by Crippen LogP contribution is 2.31. The molecular weight excluding hydrogens is 365 g/mol. The predicted molar refractivity (Wildman–Crippen MR) is 99.4 cm³/mol. The Hall–Kier alpha value is -4.25. The maximum Gasteiger partial charge on any atom is 0.280 e. The minimum Gasteiger partial charge on any atom is -0.456 e. The summed E-state index contributed by atoms with van der Waals surface area (Å²) in [5, 5.41) is 22.7. The summed E-state index contributed by atoms with van der Waals surface area (Å²) in [6.45, 7) is 0. The molecule has 0 aliphatic carbocycles. The van der Waals surface area contributed by atoms with Gasteiger partial charge in [0.1, 0.15) is 29.0 Å². The first-order valence-electron chi connectivity index (χ1n) is 8.01. The highest BCUT2D eigenvalue weighted by molar-refractivity contribution is 6.09. The van der Waals surface area contributed by atoms with Crippen molar-refractivity contribution in [2.45, 2.75) is 0 Å². The Morgan fingerprint density at radius 2 is 1.86 bits per heavy atom. The molecule has 0 bridgehead atoms. The van der Waals surface area contributed by atoms with E-state index in [0.29, 0.717) is 0 Å². The number of furan rings is 1. The Bertz CT molecular complexity index is 1130. The normalized spacial score (nSPS) is 10.9. The SMILES string of the molecule is N#C/C(=C\c1ccc(-c2ccccc2[N+](=O)[O-])o1)C(=O)Nc1ccccc1F. The lowest BCUT2D eigenvalue weighted by Crippen LogP contribution is -2.14. The molecule has 1 N–H and O–H groups in total. The van der Waals surface area contributed by atoms with Gasteiger partial charge in [0.2, 0.25) is 0 Å². The second-order valence-electron chi connectivity index (χ2n) is 5.58. The Labute approximate surface area is 158 Å². The van der Waals surface area contributed by atoms with Gasteiger partial charge in [-0.1, -0.05) is 24.3 Å². The lowest BCUT2D eigenvalue weighted by atomic mass is 10.1. The molecule has 8 heteroatoms. The molecule has 0 atom stereocenters. The first-order valence-corrected chi connectivity index (χ1v) is 8.01. The number of para-hydroxylation sites is 2. The van der Waals surface area contributed by atoms with Crippen molar-refractivity contribution in [2.24, 2.45) is 0 Å². The molecule has 1 amide bonds. The van der Waals surface area contributed by atoms with E-state index in [1.807, 2.05) is 0 Å². The van der Waals surface area contributed by atoms with Crippen LogP contribution < -0.4 is 5.32 Å². The van der Waals surface area contributed by atoms with Gasteiger partial charge < -0.3 is 9.73 Å². The van der Waals surface area contributed by atoms with Crippen LogP contribution in [0.4, 0.5) is 15.8 Å². The van der Waals surface area contributed by atoms with E-state index in [1.165, 1.54) is 54.6 Å². The first kappa shape index (κ1) is 18.5. The van der Waals surface area contributed by atoms with Crippen molar-refractivity contribution in [3.8, 4) is 17.4 Å². The van der Waals surface area contributed by atoms with E-state index in [4.69, 9.17) is 4.42 Å². The van der Waals surface area contributed by atoms with E-state index >= 15 is 0 Å². The van der Waals surface area contributed by atoms with Crippen LogP contribution in [0.15, 0.2) is 70.7 Å². The van der Waals surface area contributed by atoms with E-state index < -0.39 is 16.6 Å². The standard InChI is InChI=1S/C20H12FN3O4/c21-16-6-2-3-7-17(16)23-20(25)13(12-22)11-14-9-10-19(28-14)15-5-1-4-8-18(15)24(26)27/h1-11H,(H,23,25)/b13-11+. The number of anilines is 1. The largest absolute Gasteiger partial charge is 0.456 e. The molecule has 2 aromatic carbocycles. The summed E-state index contributed by atoms with van der Waals surface area (Å²) in [5.41, 5.74) is -0.243. The van der Waals surface area contributed by atoms with Gasteiger partial charge in [-0.05, 0) is 30.3 Å². The zero-order valence-corrected chi connectivity index (χ0v) is 14.3. The summed E-state index contributed by atoms with van der Waals surface area (Å²) in [7, 11) is 0. The number of hydrogen-bond acceptors (Lipinski definition) is 5. The van der Waals surface area contributed by atoms with Gasteiger partial charge in [-0.15, -0.1) is 0 Å². The van der Waals surface area contributed by atoms with Crippen LogP contribution in [0.5, 0.6) is 0 Å². The summed E-state index contributed by atoms with van der Waals surface area (Å²) in [5.74, 6) is -1.08. The van der Waals surface area contributed by atoms with Crippen LogP contribution in [-0.2, 0) is 4.79 Å². The number of nitrogens with one attached hydrogen (secondary N) is 1. The highest BCUT2D eigenvalue weighted by Gasteiger charge is 2.18. The minimum atomic E-state index is -0.809. The number of nitro benzene ring substituents is 1. The van der Waals surface area contributed by atoms with Crippen molar-refractivity contribution in [3.63, 3.8) is 0 Å². The molecule has 0 fully saturated rings. The molecule has 1 heterocycles. The van der Waals surface area contributed by atoms with E-state index in [-0.39, 0.29) is 34.0 Å². The average Bonchev–Trinajstić information content (AvgIpc) is 3.16. The number of nitriles is 1. The fraction of sp³-hybridized carbons (Fsp3) is 0. The molecule has 7 nitrogen and oxygen atoms in total. The molecule has 0 radical (unpaired) electrons. The summed E-state index contributed by atoms with van der Waals surface area (Å²) >= 11 is 0. The molecule has 0 aliphatic rings. The first-order chi connectivity index (χ1) is 13.5. The van der Waals surface area contributed by atoms with Crippen LogP contribution in [0.3, 0.4) is 0 Å². The number of hydrogen-bond donors (Lipinski definition) is 1. The number of carbonyl (C=O) groups is 1. The van der Waals surface area contributed by atoms with Crippen LogP contribution >= 0.6 is 0 Å². The van der Waals surface area contributed by atoms with Crippen molar-refractivity contribution < 1.29 is 18.5 Å². The Kier molecular flexibility index (Phi) is 5.28. The second kappa shape index (κ2) is 7.97. The molecule has 0 saturated heterocycles. The number of rotatable bonds is 5. The second-order valence-corrected chi connectivity index (χ2v) is 5.58. The summed E-state index contributed by atoms with van der Waals surface area (Å²) in [4.78, 5) is 22.8. The Balaban J connectivity index is 1.87. The maximum absolute atomic E-state index is 13.6. The molecule has 0 aliphatic heterocycles. The van der Waals surface area contributed by atoms with E-state index in [1.54, 1.807) is 18.2 Å². The third-order valence-corrected chi connectivity index (χ3v) is 3.77. The number of halogens is 1. The van der Waals surface area contributed by atoms with E-state index in [9.17, 15) is 24.6 Å². The van der Waals surface area contributed by atoms with Crippen LogP contribution in [0.1, 0.15) is 5.76 Å². The van der Waals surface area contributed by atoms with Gasteiger partial charge in [-0.25, -0.2) is 4.39 Å². The van der Waals surface area contributed by atoms with Gasteiger partial charge >= 0.3 is 0 Å². The lowest BCUT2D eigenvalue weighted by molar-refractivity contribution is -0.384. The van der Waals surface area contributed by atoms with Gasteiger partial charge in [-0.2, -0.15) is 5.26 Å². The minimum absolute atomic E-state index is 0.0614. The monoisotopic (exact) mass is 377 g/mol. The van der Waals surface area contributed by atoms with Gasteiger partial charge in [0, 0.05) is 12.1 Å². The zero-order valence-electron chi connectivity index (χ0n) is 14.3. The zero-order chi connectivity index (χ0) is 20.1. The molecule has 138 valence electrons. The van der Waals surface area contributed by atoms with E-state index in [0.717, 1.165) is 0 Å². The molecule has 0 unspecified atom stereocenters. The molecule has 0 spiro atoms. The van der Waals surface area contributed by atoms with Crippen LogP contribution in [-0.4, -0.2) is 10.8 Å². The number of benzene rings is 2. The molecule has 0 saturated carbocycles. The van der Waals surface area contributed by atoms with Crippen molar-refractivity contribution in [1.82, 2.24) is 0 Å². The molecule has 3 rings (SSSR count). The van der Waals surface area contributed by atoms with Gasteiger partial charge in [0.25, 0.3) is 11.6 Å². The summed E-state index contributed by atoms with van der Waals surface area (Å²) in [6.07, 6.45) is 1.18. The van der Waals surface area contributed by atoms with Crippen molar-refractivity contribution in [1.29, 1.82) is 5.26 Å². The summed E-state index contributed by atoms with van der Waals surface area (Å²) < 4.78 is 19.2. The predicted octanol–water partition coefficient (Wildman–Crippen LogP) is 4.54. The number of amides is 1. The number of nitrogens with zero attached hydrogens (tertiary/aromatic N) is 2. The van der Waals surface area contributed by atoms with Crippen LogP contribution in [0, 0.1) is 27.3 Å². The van der Waals surface area contributed by atoms with Crippen LogP contribution in [0.25, 0.3) is 17.4 Å². The van der Waals surface area contributed by atoms with Gasteiger partial charge in [0.05, 0.1) is 16.2 Å². The average molecular weight is 377 g/mol. The molecular formula is C20H12FN3O4. The van der Waals surface area contributed by atoms with Gasteiger partial charge in [-0.3, -0.25) is 14.9 Å². The quantitative estimate of drug-likeness (QED) is 0.304. The van der Waals surface area contributed by atoms with Crippen molar-refractivity contribution in [2.75, 3.05) is 5.32 Å².